The zero-order valence-electron chi connectivity index (χ0n) is 12.1. The number of benzene rings is 1. The second-order valence-corrected chi connectivity index (χ2v) is 6.24. The molecule has 0 atom stereocenters. The molecule has 0 aliphatic rings. The van der Waals surface area contributed by atoms with Gasteiger partial charge in [0, 0.05) is 17.5 Å². The molecule has 6 heteroatoms. The first-order valence-corrected chi connectivity index (χ1v) is 7.50. The predicted molar refractivity (Wildman–Crippen MR) is 67.1 cm³/mol. The zero-order valence-corrected chi connectivity index (χ0v) is 12.9. The van der Waals surface area contributed by atoms with Crippen LogP contribution >= 0.6 is 0 Å². The molecule has 0 unspecified atom stereocenters. The number of pyridine rings is 1. The lowest BCUT2D eigenvalue weighted by molar-refractivity contribution is -2.00. The van der Waals surface area contributed by atoms with Gasteiger partial charge < -0.3 is 0 Å². The lowest BCUT2D eigenvalue weighted by Gasteiger charge is -2.17. The van der Waals surface area contributed by atoms with E-state index < -0.39 is 10.2 Å². The van der Waals surface area contributed by atoms with E-state index in [2.05, 4.69) is 62.2 Å². The maximum atomic E-state index is 8.49. The number of aromatic amines is 1. The average molecular weight is 312 g/mol. The minimum atomic E-state index is -4.94. The van der Waals surface area contributed by atoms with Crippen LogP contribution in [0.25, 0.3) is 11.1 Å². The number of aromatic nitrogens is 1. The minimum Gasteiger partial charge on any atom is -0.222 e. The van der Waals surface area contributed by atoms with E-state index in [0.29, 0.717) is 0 Å². The van der Waals surface area contributed by atoms with Crippen molar-refractivity contribution in [1.29, 1.82) is 0 Å². The van der Waals surface area contributed by atoms with Crippen molar-refractivity contribution in [2.24, 2.45) is 0 Å². The average Bonchev–Trinajstić information content (AvgIpc) is 2.37. The Labute approximate surface area is 126 Å². The summed E-state index contributed by atoms with van der Waals surface area (Å²) in [5.41, 5.74) is 3.95. The number of hydrogen-bond donors (Lipinski definition) is 0. The maximum absolute atomic E-state index is 8.49. The van der Waals surface area contributed by atoms with Gasteiger partial charge in [0.2, 0.25) is 0 Å². The summed E-state index contributed by atoms with van der Waals surface area (Å²) in [6.07, 6.45) is 2.02. The van der Waals surface area contributed by atoms with Crippen molar-refractivity contribution < 1.29 is 33.9 Å². The molecule has 0 spiro atoms. The molecule has 0 saturated heterocycles. The smallest absolute Gasteiger partial charge is 0.185 e. The van der Waals surface area contributed by atoms with Gasteiger partial charge in [-0.2, -0.15) is 0 Å². The quantitative estimate of drug-likeness (QED) is 0.653. The van der Waals surface area contributed by atoms with Crippen LogP contribution in [-0.4, -0.2) is 0 Å². The highest BCUT2D eigenvalue weighted by molar-refractivity contribution is 5.62. The normalized spacial score (nSPS) is 11.6. The van der Waals surface area contributed by atoms with E-state index in [1.54, 1.807) is 0 Å². The number of nitrogens with one attached hydrogen (secondary N) is 1. The molecule has 0 aliphatic carbocycles. The van der Waals surface area contributed by atoms with Gasteiger partial charge in [-0.25, -0.2) is 23.6 Å². The molecule has 2 rings (SSSR count). The van der Waals surface area contributed by atoms with Crippen LogP contribution in [0.4, 0.5) is 0 Å². The molecule has 114 valence electrons. The number of H-pyrrole nitrogens is 1. The fraction of sp³-hybridized carbons (Fsp3) is 0.267. The maximum Gasteiger partial charge on any atom is 0.185 e. The van der Waals surface area contributed by atoms with Crippen LogP contribution in [0, 0.1) is 10.2 Å². The second kappa shape index (κ2) is 6.98. The summed E-state index contributed by atoms with van der Waals surface area (Å²) in [5, 5.41) is 0. The van der Waals surface area contributed by atoms with E-state index >= 15 is 0 Å². The largest absolute Gasteiger partial charge is 0.222 e. The topological polar surface area (TPSA) is 106 Å². The molecule has 1 N–H and O–H groups in total. The third kappa shape index (κ3) is 7.17. The highest BCUT2D eigenvalue weighted by atomic mass is 35.7. The van der Waals surface area contributed by atoms with Crippen molar-refractivity contribution in [3.8, 4) is 11.1 Å². The van der Waals surface area contributed by atoms with Crippen molar-refractivity contribution in [1.82, 2.24) is 0 Å². The van der Waals surface area contributed by atoms with Gasteiger partial charge >= 0.3 is 0 Å². The summed E-state index contributed by atoms with van der Waals surface area (Å²) in [4.78, 5) is 3.32. The summed E-state index contributed by atoms with van der Waals surface area (Å²) in [5.74, 6) is 0. The van der Waals surface area contributed by atoms with Gasteiger partial charge in [0.1, 0.15) is 0 Å². The molecule has 1 aromatic heterocycles. The molecule has 0 bridgehead atoms. The SMILES string of the molecule is CC(C)(C)c1cc(-c2ccccc2)cc[nH+]1.[O-][Cl+3]([O-])([O-])[O-]. The Morgan fingerprint density at radius 1 is 0.857 bits per heavy atom. The van der Waals surface area contributed by atoms with Gasteiger partial charge in [0.05, 0.1) is 0 Å². The Morgan fingerprint density at radius 2 is 1.38 bits per heavy atom. The van der Waals surface area contributed by atoms with Crippen LogP contribution in [0.5, 0.6) is 0 Å². The summed E-state index contributed by atoms with van der Waals surface area (Å²) < 4.78 is 34.0. The molecule has 2 aromatic rings. The molecule has 0 saturated carbocycles. The lowest BCUT2D eigenvalue weighted by atomic mass is 9.90. The molecule has 0 aliphatic heterocycles. The molecule has 5 nitrogen and oxygen atoms in total. The van der Waals surface area contributed by atoms with Crippen molar-refractivity contribution in [3.63, 3.8) is 0 Å². The third-order valence-electron chi connectivity index (χ3n) is 2.72. The monoisotopic (exact) mass is 311 g/mol. The Balaban J connectivity index is 0.000000383. The van der Waals surface area contributed by atoms with Crippen LogP contribution < -0.4 is 23.6 Å². The first-order valence-electron chi connectivity index (χ1n) is 6.27. The second-order valence-electron chi connectivity index (χ2n) is 5.49. The standard InChI is InChI=1S/C15H17N.ClHO4/c1-15(2,3)14-11-13(9-10-16-14)12-7-5-4-6-8-12;2-1(3,4)5/h4-11H,1-3H3;(H,2,3,4,5). The van der Waals surface area contributed by atoms with Gasteiger partial charge in [-0.15, -0.1) is 10.2 Å². The Morgan fingerprint density at radius 3 is 1.86 bits per heavy atom. The Kier molecular flexibility index (Phi) is 5.83. The van der Waals surface area contributed by atoms with Crippen molar-refractivity contribution >= 4 is 0 Å². The van der Waals surface area contributed by atoms with Crippen molar-refractivity contribution in [2.75, 3.05) is 0 Å². The fourth-order valence-electron chi connectivity index (χ4n) is 1.71. The van der Waals surface area contributed by atoms with E-state index in [4.69, 9.17) is 18.6 Å². The van der Waals surface area contributed by atoms with E-state index in [-0.39, 0.29) is 5.41 Å². The summed E-state index contributed by atoms with van der Waals surface area (Å²) in [6, 6.07) is 14.8. The molecular formula is C15H18ClNO4. The number of halogens is 1. The molecule has 0 amide bonds. The Bertz CT molecular complexity index is 556. The van der Waals surface area contributed by atoms with Gasteiger partial charge in [-0.1, -0.05) is 51.1 Å². The van der Waals surface area contributed by atoms with Crippen LogP contribution in [-0.2, 0) is 5.41 Å². The number of hydrogen-bond acceptors (Lipinski definition) is 4. The van der Waals surface area contributed by atoms with Crippen LogP contribution in [0.1, 0.15) is 26.5 Å². The molecule has 0 fully saturated rings. The van der Waals surface area contributed by atoms with Crippen LogP contribution in [0.15, 0.2) is 48.7 Å². The van der Waals surface area contributed by atoms with E-state index in [1.165, 1.54) is 16.8 Å². The summed E-state index contributed by atoms with van der Waals surface area (Å²) in [7, 11) is -4.94. The van der Waals surface area contributed by atoms with Gasteiger partial charge in [0.25, 0.3) is 0 Å². The highest BCUT2D eigenvalue weighted by Crippen LogP contribution is 2.23. The van der Waals surface area contributed by atoms with Crippen molar-refractivity contribution in [3.05, 3.63) is 54.4 Å². The van der Waals surface area contributed by atoms with Gasteiger partial charge in [-0.05, 0) is 11.1 Å². The molecule has 1 heterocycles. The van der Waals surface area contributed by atoms with E-state index in [0.717, 1.165) is 0 Å². The summed E-state index contributed by atoms with van der Waals surface area (Å²) in [6.45, 7) is 6.65. The van der Waals surface area contributed by atoms with Crippen molar-refractivity contribution in [2.45, 2.75) is 26.2 Å². The molecule has 1 aromatic carbocycles. The third-order valence-corrected chi connectivity index (χ3v) is 2.72. The predicted octanol–water partition coefficient (Wildman–Crippen LogP) is -1.29. The van der Waals surface area contributed by atoms with Gasteiger partial charge in [-0.3, -0.25) is 0 Å². The first-order chi connectivity index (χ1) is 9.57. The molecule has 0 radical (unpaired) electrons. The van der Waals surface area contributed by atoms with Crippen LogP contribution in [0.3, 0.4) is 0 Å². The van der Waals surface area contributed by atoms with E-state index in [1.807, 2.05) is 12.3 Å². The molecular weight excluding hydrogens is 294 g/mol. The van der Waals surface area contributed by atoms with E-state index in [9.17, 15) is 0 Å². The first kappa shape index (κ1) is 17.6. The number of rotatable bonds is 1. The fourth-order valence-corrected chi connectivity index (χ4v) is 1.71. The van der Waals surface area contributed by atoms with Crippen LogP contribution in [0.2, 0.25) is 0 Å². The van der Waals surface area contributed by atoms with Gasteiger partial charge in [0.15, 0.2) is 11.9 Å². The minimum absolute atomic E-state index is 0.158. The highest BCUT2D eigenvalue weighted by Gasteiger charge is 2.20. The molecule has 21 heavy (non-hydrogen) atoms. The zero-order chi connectivity index (χ0) is 16.1. The Hall–Kier alpha value is -1.50. The summed E-state index contributed by atoms with van der Waals surface area (Å²) >= 11 is 0. The lowest BCUT2D eigenvalue weighted by Crippen LogP contribution is -2.68.